The van der Waals surface area contributed by atoms with E-state index in [-0.39, 0.29) is 24.0 Å². The van der Waals surface area contributed by atoms with Crippen LogP contribution in [0.1, 0.15) is 6.42 Å². The van der Waals surface area contributed by atoms with Gasteiger partial charge in [0.1, 0.15) is 0 Å². The number of nitrogens with zero attached hydrogens (tertiary/aromatic N) is 2. The average Bonchev–Trinajstić information content (AvgIpc) is 3.07. The number of nitrogens with one attached hydrogen (secondary N) is 1. The zero-order valence-electron chi connectivity index (χ0n) is 14.1. The molecule has 26 heavy (non-hydrogen) atoms. The summed E-state index contributed by atoms with van der Waals surface area (Å²) in [6, 6.07) is 16.2. The Hall–Kier alpha value is -3.35. The van der Waals surface area contributed by atoms with Gasteiger partial charge < -0.3 is 14.6 Å². The molecule has 1 aromatic heterocycles. The van der Waals surface area contributed by atoms with Crippen molar-refractivity contribution in [3.63, 3.8) is 0 Å². The van der Waals surface area contributed by atoms with Crippen LogP contribution in [0.15, 0.2) is 60.8 Å². The third kappa shape index (κ3) is 4.18. The standard InChI is InChI=1S/C19H19N3O4/c23-19(14-26-18-9-4-3-8-17(18)22(24)25)20-11-5-12-21-13-10-15-6-1-2-7-16(15)21/h1-4,6-10,13H,5,11-12,14H2,(H,20,23). The minimum Gasteiger partial charge on any atom is -0.477 e. The number of benzene rings is 2. The molecule has 0 aliphatic rings. The zero-order valence-corrected chi connectivity index (χ0v) is 14.1. The number of rotatable bonds is 8. The molecule has 3 aromatic rings. The molecule has 0 fully saturated rings. The van der Waals surface area contributed by atoms with E-state index in [1.165, 1.54) is 23.0 Å². The van der Waals surface area contributed by atoms with E-state index >= 15 is 0 Å². The number of aryl methyl sites for hydroxylation is 1. The molecule has 0 saturated carbocycles. The summed E-state index contributed by atoms with van der Waals surface area (Å²) in [4.78, 5) is 22.2. The topological polar surface area (TPSA) is 86.4 Å². The molecule has 1 N–H and O–H groups in total. The predicted molar refractivity (Wildman–Crippen MR) is 98.2 cm³/mol. The summed E-state index contributed by atoms with van der Waals surface area (Å²) in [5.41, 5.74) is 1.01. The molecule has 1 heterocycles. The van der Waals surface area contributed by atoms with E-state index in [9.17, 15) is 14.9 Å². The molecule has 0 aliphatic heterocycles. The van der Waals surface area contributed by atoms with Crippen molar-refractivity contribution in [2.75, 3.05) is 13.2 Å². The average molecular weight is 353 g/mol. The van der Waals surface area contributed by atoms with E-state index < -0.39 is 4.92 Å². The van der Waals surface area contributed by atoms with Crippen LogP contribution < -0.4 is 10.1 Å². The number of ether oxygens (including phenoxy) is 1. The van der Waals surface area contributed by atoms with Gasteiger partial charge in [0.15, 0.2) is 12.4 Å². The van der Waals surface area contributed by atoms with Crippen LogP contribution in [-0.4, -0.2) is 28.5 Å². The molecule has 0 radical (unpaired) electrons. The molecule has 134 valence electrons. The smallest absolute Gasteiger partial charge is 0.310 e. The number of para-hydroxylation sites is 3. The van der Waals surface area contributed by atoms with Crippen LogP contribution in [0.3, 0.4) is 0 Å². The van der Waals surface area contributed by atoms with Gasteiger partial charge in [-0.15, -0.1) is 0 Å². The monoisotopic (exact) mass is 353 g/mol. The first-order valence-electron chi connectivity index (χ1n) is 8.32. The first kappa shape index (κ1) is 17.5. The van der Waals surface area contributed by atoms with Gasteiger partial charge in [-0.3, -0.25) is 14.9 Å². The highest BCUT2D eigenvalue weighted by Gasteiger charge is 2.14. The number of carbonyl (C=O) groups excluding carboxylic acids is 1. The van der Waals surface area contributed by atoms with Crippen LogP contribution in [0.5, 0.6) is 5.75 Å². The molecular weight excluding hydrogens is 334 g/mol. The van der Waals surface area contributed by atoms with Gasteiger partial charge in [0.25, 0.3) is 5.91 Å². The Bertz CT molecular complexity index is 920. The highest BCUT2D eigenvalue weighted by molar-refractivity contribution is 5.80. The molecule has 2 aromatic carbocycles. The Balaban J connectivity index is 1.43. The van der Waals surface area contributed by atoms with Gasteiger partial charge in [-0.25, -0.2) is 0 Å². The van der Waals surface area contributed by atoms with Gasteiger partial charge in [0.2, 0.25) is 0 Å². The molecule has 0 bridgehead atoms. The van der Waals surface area contributed by atoms with Crippen molar-refractivity contribution in [3.05, 3.63) is 70.9 Å². The molecule has 7 heteroatoms. The summed E-state index contributed by atoms with van der Waals surface area (Å²) in [6.07, 6.45) is 2.81. The molecule has 0 saturated heterocycles. The summed E-state index contributed by atoms with van der Waals surface area (Å²) in [7, 11) is 0. The van der Waals surface area contributed by atoms with Crippen molar-refractivity contribution in [3.8, 4) is 5.75 Å². The normalized spacial score (nSPS) is 10.6. The van der Waals surface area contributed by atoms with E-state index in [2.05, 4.69) is 28.1 Å². The quantitative estimate of drug-likeness (QED) is 0.383. The van der Waals surface area contributed by atoms with Crippen molar-refractivity contribution in [2.45, 2.75) is 13.0 Å². The number of nitro groups is 1. The van der Waals surface area contributed by atoms with Gasteiger partial charge in [0, 0.05) is 30.9 Å². The van der Waals surface area contributed by atoms with E-state index in [1.54, 1.807) is 12.1 Å². The number of aromatic nitrogens is 1. The summed E-state index contributed by atoms with van der Waals surface area (Å²) >= 11 is 0. The lowest BCUT2D eigenvalue weighted by atomic mass is 10.2. The molecule has 0 spiro atoms. The van der Waals surface area contributed by atoms with E-state index in [4.69, 9.17) is 4.74 Å². The summed E-state index contributed by atoms with van der Waals surface area (Å²) in [5.74, 6) is -0.216. The van der Waals surface area contributed by atoms with E-state index in [0.717, 1.165) is 13.0 Å². The van der Waals surface area contributed by atoms with Crippen molar-refractivity contribution >= 4 is 22.5 Å². The van der Waals surface area contributed by atoms with Crippen molar-refractivity contribution in [1.29, 1.82) is 0 Å². The highest BCUT2D eigenvalue weighted by Crippen LogP contribution is 2.25. The lowest BCUT2D eigenvalue weighted by Crippen LogP contribution is -2.30. The molecule has 0 atom stereocenters. The second kappa shape index (κ2) is 8.15. The third-order valence-electron chi connectivity index (χ3n) is 4.00. The molecule has 7 nitrogen and oxygen atoms in total. The Morgan fingerprint density at radius 1 is 1.12 bits per heavy atom. The molecule has 0 unspecified atom stereocenters. The SMILES string of the molecule is O=C(COc1ccccc1[N+](=O)[O-])NCCCn1ccc2ccccc21. The maximum atomic E-state index is 11.9. The van der Waals surface area contributed by atoms with Crippen LogP contribution >= 0.6 is 0 Å². The Morgan fingerprint density at radius 2 is 1.88 bits per heavy atom. The van der Waals surface area contributed by atoms with Crippen LogP contribution in [0.2, 0.25) is 0 Å². The van der Waals surface area contributed by atoms with Crippen LogP contribution in [0, 0.1) is 10.1 Å². The lowest BCUT2D eigenvalue weighted by Gasteiger charge is -2.09. The summed E-state index contributed by atoms with van der Waals surface area (Å²) in [5, 5.41) is 14.9. The number of carbonyl (C=O) groups is 1. The van der Waals surface area contributed by atoms with Crippen LogP contribution in [0.4, 0.5) is 5.69 Å². The molecule has 1 amide bonds. The summed E-state index contributed by atoms with van der Waals surface area (Å²) in [6.45, 7) is 1.04. The van der Waals surface area contributed by atoms with Crippen LogP contribution in [0.25, 0.3) is 10.9 Å². The molecular formula is C19H19N3O4. The largest absolute Gasteiger partial charge is 0.477 e. The molecule has 0 aliphatic carbocycles. The number of hydrogen-bond acceptors (Lipinski definition) is 4. The number of amides is 1. The van der Waals surface area contributed by atoms with Gasteiger partial charge in [-0.05, 0) is 30.0 Å². The number of hydrogen-bond donors (Lipinski definition) is 1. The Morgan fingerprint density at radius 3 is 2.73 bits per heavy atom. The first-order chi connectivity index (χ1) is 12.6. The maximum Gasteiger partial charge on any atom is 0.310 e. The van der Waals surface area contributed by atoms with E-state index in [1.807, 2.05) is 18.3 Å². The predicted octanol–water partition coefficient (Wildman–Crippen LogP) is 3.13. The second-order valence-corrected chi connectivity index (χ2v) is 5.78. The van der Waals surface area contributed by atoms with Gasteiger partial charge in [0.05, 0.1) is 4.92 Å². The number of nitro benzene ring substituents is 1. The third-order valence-corrected chi connectivity index (χ3v) is 4.00. The lowest BCUT2D eigenvalue weighted by molar-refractivity contribution is -0.385. The minimum absolute atomic E-state index is 0.0893. The summed E-state index contributed by atoms with van der Waals surface area (Å²) < 4.78 is 7.41. The first-order valence-corrected chi connectivity index (χ1v) is 8.32. The Labute approximate surface area is 150 Å². The fourth-order valence-electron chi connectivity index (χ4n) is 2.74. The zero-order chi connectivity index (χ0) is 18.4. The number of fused-ring (bicyclic) bond motifs is 1. The maximum absolute atomic E-state index is 11.9. The van der Waals surface area contributed by atoms with Gasteiger partial charge in [-0.2, -0.15) is 0 Å². The van der Waals surface area contributed by atoms with Crippen molar-refractivity contribution in [2.24, 2.45) is 0 Å². The molecule has 3 rings (SSSR count). The fraction of sp³-hybridized carbons (Fsp3) is 0.211. The van der Waals surface area contributed by atoms with Gasteiger partial charge >= 0.3 is 5.69 Å². The van der Waals surface area contributed by atoms with Crippen LogP contribution in [-0.2, 0) is 11.3 Å². The fourth-order valence-corrected chi connectivity index (χ4v) is 2.74. The minimum atomic E-state index is -0.533. The van der Waals surface area contributed by atoms with E-state index in [0.29, 0.717) is 6.54 Å². The van der Waals surface area contributed by atoms with Crippen molar-refractivity contribution in [1.82, 2.24) is 9.88 Å². The van der Waals surface area contributed by atoms with Crippen molar-refractivity contribution < 1.29 is 14.5 Å². The Kier molecular flexibility index (Phi) is 5.48. The van der Waals surface area contributed by atoms with Gasteiger partial charge in [-0.1, -0.05) is 30.3 Å². The highest BCUT2D eigenvalue weighted by atomic mass is 16.6. The second-order valence-electron chi connectivity index (χ2n) is 5.78.